The molecule has 2 aromatic carbocycles. The normalized spacial score (nSPS) is 15.0. The van der Waals surface area contributed by atoms with Gasteiger partial charge in [0.25, 0.3) is 0 Å². The van der Waals surface area contributed by atoms with E-state index < -0.39 is 0 Å². The minimum absolute atomic E-state index is 0.0108. The number of hydrogen-bond acceptors (Lipinski definition) is 3. The topological polar surface area (TPSA) is 85.5 Å². The highest BCUT2D eigenvalue weighted by Gasteiger charge is 2.32. The molecule has 1 fully saturated rings. The molecule has 1 aromatic heterocycles. The Balaban J connectivity index is 1.39. The Labute approximate surface area is 181 Å². The van der Waals surface area contributed by atoms with E-state index in [4.69, 9.17) is 0 Å². The van der Waals surface area contributed by atoms with Gasteiger partial charge in [0.1, 0.15) is 6.54 Å². The summed E-state index contributed by atoms with van der Waals surface area (Å²) in [5.41, 5.74) is 3.33. The first-order valence-electron chi connectivity index (χ1n) is 10.5. The van der Waals surface area contributed by atoms with Gasteiger partial charge in [-0.05, 0) is 23.6 Å². The van der Waals surface area contributed by atoms with Gasteiger partial charge in [0.15, 0.2) is 0 Å². The van der Waals surface area contributed by atoms with Gasteiger partial charge in [-0.25, -0.2) is 4.79 Å². The number of carbonyl (C=O) groups excluding carboxylic acids is 3. The smallest absolute Gasteiger partial charge is 0.326 e. The zero-order valence-electron chi connectivity index (χ0n) is 17.5. The SMILES string of the molecule is CN1CC(=O)N(CCCC(=O)NCC(c2ccccc2)c2c[nH]c3ccccc23)C1=O. The number of para-hydroxylation sites is 1. The molecule has 0 radical (unpaired) electrons. The molecule has 7 heteroatoms. The van der Waals surface area contributed by atoms with Crippen molar-refractivity contribution in [1.82, 2.24) is 20.1 Å². The van der Waals surface area contributed by atoms with E-state index in [9.17, 15) is 14.4 Å². The van der Waals surface area contributed by atoms with Crippen molar-refractivity contribution in [2.45, 2.75) is 18.8 Å². The van der Waals surface area contributed by atoms with E-state index >= 15 is 0 Å². The highest BCUT2D eigenvalue weighted by Crippen LogP contribution is 2.30. The molecule has 3 aromatic rings. The van der Waals surface area contributed by atoms with Crippen LogP contribution in [0.4, 0.5) is 4.79 Å². The number of nitrogens with one attached hydrogen (secondary N) is 2. The van der Waals surface area contributed by atoms with Crippen LogP contribution in [0.2, 0.25) is 0 Å². The van der Waals surface area contributed by atoms with Crippen molar-refractivity contribution in [3.63, 3.8) is 0 Å². The third-order valence-corrected chi connectivity index (χ3v) is 5.72. The summed E-state index contributed by atoms with van der Waals surface area (Å²) in [4.78, 5) is 42.2. The highest BCUT2D eigenvalue weighted by molar-refractivity contribution is 6.01. The van der Waals surface area contributed by atoms with Crippen molar-refractivity contribution in [2.75, 3.05) is 26.7 Å². The molecule has 0 aliphatic carbocycles. The summed E-state index contributed by atoms with van der Waals surface area (Å²) in [6.07, 6.45) is 2.71. The summed E-state index contributed by atoms with van der Waals surface area (Å²) in [6.45, 7) is 0.837. The van der Waals surface area contributed by atoms with Crippen molar-refractivity contribution >= 4 is 28.7 Å². The van der Waals surface area contributed by atoms with Gasteiger partial charge in [0.2, 0.25) is 11.8 Å². The van der Waals surface area contributed by atoms with Crippen LogP contribution in [0.15, 0.2) is 60.8 Å². The monoisotopic (exact) mass is 418 g/mol. The lowest BCUT2D eigenvalue weighted by Crippen LogP contribution is -2.34. The molecule has 1 saturated heterocycles. The molecule has 1 atom stereocenters. The van der Waals surface area contributed by atoms with Gasteiger partial charge in [-0.1, -0.05) is 48.5 Å². The van der Waals surface area contributed by atoms with Gasteiger partial charge in [-0.3, -0.25) is 14.5 Å². The first-order chi connectivity index (χ1) is 15.0. The molecule has 1 aliphatic rings. The molecule has 1 aliphatic heterocycles. The minimum Gasteiger partial charge on any atom is -0.361 e. The Morgan fingerprint density at radius 2 is 1.84 bits per heavy atom. The molecule has 0 saturated carbocycles. The van der Waals surface area contributed by atoms with Crippen LogP contribution in [-0.2, 0) is 9.59 Å². The zero-order valence-corrected chi connectivity index (χ0v) is 17.5. The molecule has 2 heterocycles. The maximum Gasteiger partial charge on any atom is 0.326 e. The van der Waals surface area contributed by atoms with Gasteiger partial charge in [-0.15, -0.1) is 0 Å². The summed E-state index contributed by atoms with van der Waals surface area (Å²) in [7, 11) is 1.60. The molecular weight excluding hydrogens is 392 g/mol. The third-order valence-electron chi connectivity index (χ3n) is 5.72. The van der Waals surface area contributed by atoms with E-state index in [2.05, 4.69) is 28.5 Å². The van der Waals surface area contributed by atoms with E-state index in [1.165, 1.54) is 9.80 Å². The Kier molecular flexibility index (Phi) is 6.02. The predicted octanol–water partition coefficient (Wildman–Crippen LogP) is 3.09. The molecule has 1 unspecified atom stereocenters. The van der Waals surface area contributed by atoms with Crippen molar-refractivity contribution in [3.8, 4) is 0 Å². The first kappa shape index (κ1) is 20.7. The predicted molar refractivity (Wildman–Crippen MR) is 119 cm³/mol. The van der Waals surface area contributed by atoms with Gasteiger partial charge in [0, 0.05) is 49.6 Å². The molecule has 0 spiro atoms. The molecule has 4 rings (SSSR count). The van der Waals surface area contributed by atoms with Crippen LogP contribution in [-0.4, -0.2) is 59.3 Å². The number of hydrogen-bond donors (Lipinski definition) is 2. The summed E-state index contributed by atoms with van der Waals surface area (Å²) in [6, 6.07) is 18.0. The summed E-state index contributed by atoms with van der Waals surface area (Å²) < 4.78 is 0. The largest absolute Gasteiger partial charge is 0.361 e. The molecule has 7 nitrogen and oxygen atoms in total. The van der Waals surface area contributed by atoms with Crippen molar-refractivity contribution in [2.24, 2.45) is 0 Å². The number of aromatic nitrogens is 1. The van der Waals surface area contributed by atoms with Crippen LogP contribution in [0, 0.1) is 0 Å². The quantitative estimate of drug-likeness (QED) is 0.551. The second-order valence-corrected chi connectivity index (χ2v) is 7.84. The summed E-state index contributed by atoms with van der Waals surface area (Å²) in [5.74, 6) is -0.290. The van der Waals surface area contributed by atoms with E-state index in [1.807, 2.05) is 42.6 Å². The van der Waals surface area contributed by atoms with Crippen LogP contribution in [0.1, 0.15) is 29.9 Å². The number of benzene rings is 2. The number of carbonyl (C=O) groups is 3. The Morgan fingerprint density at radius 3 is 2.58 bits per heavy atom. The summed E-state index contributed by atoms with van der Waals surface area (Å²) in [5, 5.41) is 4.18. The molecule has 4 amide bonds. The number of aromatic amines is 1. The van der Waals surface area contributed by atoms with E-state index in [-0.39, 0.29) is 43.3 Å². The average molecular weight is 418 g/mol. The Morgan fingerprint density at radius 1 is 1.10 bits per heavy atom. The zero-order chi connectivity index (χ0) is 21.8. The second kappa shape index (κ2) is 9.04. The molecule has 2 N–H and O–H groups in total. The van der Waals surface area contributed by atoms with E-state index in [0.717, 1.165) is 22.0 Å². The van der Waals surface area contributed by atoms with Gasteiger partial charge in [-0.2, -0.15) is 0 Å². The van der Waals surface area contributed by atoms with E-state index in [1.54, 1.807) is 7.05 Å². The lowest BCUT2D eigenvalue weighted by molar-refractivity contribution is -0.126. The number of H-pyrrole nitrogens is 1. The van der Waals surface area contributed by atoms with Gasteiger partial charge in [0.05, 0.1) is 0 Å². The molecule has 0 bridgehead atoms. The van der Waals surface area contributed by atoms with Crippen molar-refractivity contribution in [1.29, 1.82) is 0 Å². The number of nitrogens with zero attached hydrogens (tertiary/aromatic N) is 2. The fourth-order valence-corrected chi connectivity index (χ4v) is 4.07. The van der Waals surface area contributed by atoms with Gasteiger partial charge < -0.3 is 15.2 Å². The lowest BCUT2D eigenvalue weighted by atomic mass is 9.91. The van der Waals surface area contributed by atoms with Crippen molar-refractivity contribution in [3.05, 3.63) is 71.9 Å². The molecule has 31 heavy (non-hydrogen) atoms. The second-order valence-electron chi connectivity index (χ2n) is 7.84. The van der Waals surface area contributed by atoms with E-state index in [0.29, 0.717) is 13.0 Å². The fourth-order valence-electron chi connectivity index (χ4n) is 4.07. The maximum absolute atomic E-state index is 12.5. The van der Waals surface area contributed by atoms with Crippen molar-refractivity contribution < 1.29 is 14.4 Å². The van der Waals surface area contributed by atoms with Crippen LogP contribution >= 0.6 is 0 Å². The number of rotatable bonds is 8. The Bertz CT molecular complexity index is 1090. The summed E-state index contributed by atoms with van der Waals surface area (Å²) >= 11 is 0. The van der Waals surface area contributed by atoms with Crippen LogP contribution in [0.25, 0.3) is 10.9 Å². The van der Waals surface area contributed by atoms with Crippen LogP contribution < -0.4 is 5.32 Å². The number of fused-ring (bicyclic) bond motifs is 1. The van der Waals surface area contributed by atoms with Crippen LogP contribution in [0.5, 0.6) is 0 Å². The van der Waals surface area contributed by atoms with Gasteiger partial charge >= 0.3 is 6.03 Å². The number of likely N-dealkylation sites (N-methyl/N-ethyl adjacent to an activating group) is 1. The molecule has 160 valence electrons. The van der Waals surface area contributed by atoms with Crippen LogP contribution in [0.3, 0.4) is 0 Å². The fraction of sp³-hybridized carbons (Fsp3) is 0.292. The minimum atomic E-state index is -0.297. The maximum atomic E-state index is 12.5. The lowest BCUT2D eigenvalue weighted by Gasteiger charge is -2.18. The number of urea groups is 1. The standard InChI is InChI=1S/C24H26N4O3/c1-27-16-23(30)28(24(27)31)13-7-12-22(29)26-14-19(17-8-3-2-4-9-17)20-15-25-21-11-6-5-10-18(20)21/h2-6,8-11,15,19,25H,7,12-14,16H2,1H3,(H,26,29). The average Bonchev–Trinajstić information content (AvgIpc) is 3.31. The molecular formula is C24H26N4O3. The number of imide groups is 1. The highest BCUT2D eigenvalue weighted by atomic mass is 16.2. The number of amides is 4. The first-order valence-corrected chi connectivity index (χ1v) is 10.5. The Hall–Kier alpha value is -3.61. The third kappa shape index (κ3) is 4.45.